The summed E-state index contributed by atoms with van der Waals surface area (Å²) in [5, 5.41) is 2.81. The molecule has 0 bridgehead atoms. The van der Waals surface area contributed by atoms with Crippen LogP contribution in [-0.2, 0) is 17.8 Å². The van der Waals surface area contributed by atoms with Crippen LogP contribution >= 0.6 is 0 Å². The van der Waals surface area contributed by atoms with E-state index in [4.69, 9.17) is 9.47 Å². The standard InChI is InChI=1S/C19H24N2O4/c1-12-10-13(2)21-19(23)15(12)11-20-17(22)9-8-14-6-5-7-16(24-3)18(14)25-4/h5-7,10H,8-9,11H2,1-4H3,(H,20,22)(H,21,23). The highest BCUT2D eigenvalue weighted by atomic mass is 16.5. The number of hydrogen-bond acceptors (Lipinski definition) is 4. The molecule has 0 aliphatic heterocycles. The lowest BCUT2D eigenvalue weighted by Crippen LogP contribution is -2.28. The number of para-hydroxylation sites is 1. The van der Waals surface area contributed by atoms with E-state index in [2.05, 4.69) is 10.3 Å². The zero-order valence-electron chi connectivity index (χ0n) is 15.1. The van der Waals surface area contributed by atoms with Crippen molar-refractivity contribution in [1.82, 2.24) is 10.3 Å². The van der Waals surface area contributed by atoms with E-state index in [0.29, 0.717) is 29.9 Å². The molecule has 0 saturated heterocycles. The maximum absolute atomic E-state index is 12.1. The molecule has 2 rings (SSSR count). The number of methoxy groups -OCH3 is 2. The fourth-order valence-electron chi connectivity index (χ4n) is 2.78. The van der Waals surface area contributed by atoms with Gasteiger partial charge in [-0.3, -0.25) is 9.59 Å². The second-order valence-corrected chi connectivity index (χ2v) is 5.87. The number of amides is 1. The first-order valence-corrected chi connectivity index (χ1v) is 8.12. The maximum atomic E-state index is 12.1. The lowest BCUT2D eigenvalue weighted by Gasteiger charge is -2.12. The van der Waals surface area contributed by atoms with Crippen molar-refractivity contribution in [3.05, 3.63) is 57.0 Å². The Hall–Kier alpha value is -2.76. The predicted octanol–water partition coefficient (Wildman–Crippen LogP) is 2.26. The van der Waals surface area contributed by atoms with E-state index in [1.165, 1.54) is 0 Å². The summed E-state index contributed by atoms with van der Waals surface area (Å²) in [7, 11) is 3.16. The molecule has 0 unspecified atom stereocenters. The number of ether oxygens (including phenoxy) is 2. The number of aryl methyl sites for hydroxylation is 3. The number of benzene rings is 1. The van der Waals surface area contributed by atoms with Crippen LogP contribution in [0.3, 0.4) is 0 Å². The molecule has 1 aromatic carbocycles. The fourth-order valence-corrected chi connectivity index (χ4v) is 2.78. The Morgan fingerprint density at radius 3 is 2.60 bits per heavy atom. The number of aromatic amines is 1. The van der Waals surface area contributed by atoms with Crippen molar-refractivity contribution in [1.29, 1.82) is 0 Å². The van der Waals surface area contributed by atoms with E-state index in [9.17, 15) is 9.59 Å². The molecule has 0 fully saturated rings. The fraction of sp³-hybridized carbons (Fsp3) is 0.368. The lowest BCUT2D eigenvalue weighted by molar-refractivity contribution is -0.121. The minimum absolute atomic E-state index is 0.121. The van der Waals surface area contributed by atoms with E-state index in [0.717, 1.165) is 16.8 Å². The van der Waals surface area contributed by atoms with Crippen molar-refractivity contribution in [3.8, 4) is 11.5 Å². The molecule has 6 nitrogen and oxygen atoms in total. The van der Waals surface area contributed by atoms with Crippen molar-refractivity contribution in [2.45, 2.75) is 33.2 Å². The van der Waals surface area contributed by atoms with Gasteiger partial charge in [-0.25, -0.2) is 0 Å². The number of rotatable bonds is 7. The number of H-pyrrole nitrogens is 1. The third-order valence-corrected chi connectivity index (χ3v) is 4.06. The van der Waals surface area contributed by atoms with E-state index in [-0.39, 0.29) is 18.0 Å². The van der Waals surface area contributed by atoms with E-state index in [1.807, 2.05) is 38.1 Å². The summed E-state index contributed by atoms with van der Waals surface area (Å²) < 4.78 is 10.6. The SMILES string of the molecule is COc1cccc(CCC(=O)NCc2c(C)cc(C)[nH]c2=O)c1OC. The minimum atomic E-state index is -0.160. The first kappa shape index (κ1) is 18.6. The zero-order valence-corrected chi connectivity index (χ0v) is 15.1. The van der Waals surface area contributed by atoms with Gasteiger partial charge in [-0.15, -0.1) is 0 Å². The van der Waals surface area contributed by atoms with Gasteiger partial charge in [-0.05, 0) is 43.5 Å². The molecule has 0 spiro atoms. The average Bonchev–Trinajstić information content (AvgIpc) is 2.58. The highest BCUT2D eigenvalue weighted by Gasteiger charge is 2.12. The van der Waals surface area contributed by atoms with Crippen molar-refractivity contribution < 1.29 is 14.3 Å². The molecule has 0 atom stereocenters. The summed E-state index contributed by atoms with van der Waals surface area (Å²) in [5.74, 6) is 1.16. The molecule has 25 heavy (non-hydrogen) atoms. The first-order valence-electron chi connectivity index (χ1n) is 8.12. The molecule has 134 valence electrons. The van der Waals surface area contributed by atoms with Gasteiger partial charge in [0.15, 0.2) is 11.5 Å². The van der Waals surface area contributed by atoms with Gasteiger partial charge in [0, 0.05) is 24.2 Å². The molecule has 0 radical (unpaired) electrons. The Bertz CT molecular complexity index is 812. The van der Waals surface area contributed by atoms with Crippen LogP contribution in [0.4, 0.5) is 0 Å². The molecule has 0 aliphatic rings. The molecule has 1 aromatic heterocycles. The summed E-state index contributed by atoms with van der Waals surface area (Å²) >= 11 is 0. The minimum Gasteiger partial charge on any atom is -0.493 e. The molecule has 2 aromatic rings. The summed E-state index contributed by atoms with van der Waals surface area (Å²) in [6.45, 7) is 3.92. The van der Waals surface area contributed by atoms with Crippen LogP contribution in [0, 0.1) is 13.8 Å². The van der Waals surface area contributed by atoms with Crippen LogP contribution in [0.5, 0.6) is 11.5 Å². The highest BCUT2D eigenvalue weighted by Crippen LogP contribution is 2.31. The Kier molecular flexibility index (Phi) is 6.22. The molecule has 0 aliphatic carbocycles. The van der Waals surface area contributed by atoms with E-state index < -0.39 is 0 Å². The Morgan fingerprint density at radius 2 is 1.96 bits per heavy atom. The lowest BCUT2D eigenvalue weighted by atomic mass is 10.1. The Balaban J connectivity index is 1.97. The largest absolute Gasteiger partial charge is 0.493 e. The van der Waals surface area contributed by atoms with Crippen molar-refractivity contribution in [2.75, 3.05) is 14.2 Å². The molecular formula is C19H24N2O4. The van der Waals surface area contributed by atoms with Crippen LogP contribution in [0.2, 0.25) is 0 Å². The quantitative estimate of drug-likeness (QED) is 0.807. The summed E-state index contributed by atoms with van der Waals surface area (Å²) in [6, 6.07) is 7.48. The third-order valence-electron chi connectivity index (χ3n) is 4.06. The van der Waals surface area contributed by atoms with Gasteiger partial charge in [0.1, 0.15) is 0 Å². The zero-order chi connectivity index (χ0) is 18.4. The number of nitrogens with one attached hydrogen (secondary N) is 2. The number of aromatic nitrogens is 1. The van der Waals surface area contributed by atoms with Crippen LogP contribution < -0.4 is 20.3 Å². The van der Waals surface area contributed by atoms with Gasteiger partial charge in [0.2, 0.25) is 5.91 Å². The average molecular weight is 344 g/mol. The normalized spacial score (nSPS) is 10.4. The van der Waals surface area contributed by atoms with Gasteiger partial charge >= 0.3 is 0 Å². The molecular weight excluding hydrogens is 320 g/mol. The second kappa shape index (κ2) is 8.37. The molecule has 0 saturated carbocycles. The van der Waals surface area contributed by atoms with Gasteiger partial charge in [-0.2, -0.15) is 0 Å². The number of carbonyl (C=O) groups is 1. The monoisotopic (exact) mass is 344 g/mol. The Morgan fingerprint density at radius 1 is 1.20 bits per heavy atom. The molecule has 1 heterocycles. The number of carbonyl (C=O) groups excluding carboxylic acids is 1. The van der Waals surface area contributed by atoms with Crippen LogP contribution in [0.1, 0.15) is 28.8 Å². The molecule has 2 N–H and O–H groups in total. The van der Waals surface area contributed by atoms with Crippen molar-refractivity contribution in [3.63, 3.8) is 0 Å². The third kappa shape index (κ3) is 4.62. The first-order chi connectivity index (χ1) is 12.0. The van der Waals surface area contributed by atoms with Crippen molar-refractivity contribution >= 4 is 5.91 Å². The van der Waals surface area contributed by atoms with Gasteiger partial charge < -0.3 is 19.8 Å². The summed E-state index contributed by atoms with van der Waals surface area (Å²) in [6.07, 6.45) is 0.821. The van der Waals surface area contributed by atoms with Crippen molar-refractivity contribution in [2.24, 2.45) is 0 Å². The smallest absolute Gasteiger partial charge is 0.253 e. The second-order valence-electron chi connectivity index (χ2n) is 5.87. The van der Waals surface area contributed by atoms with Crippen LogP contribution in [0.25, 0.3) is 0 Å². The maximum Gasteiger partial charge on any atom is 0.253 e. The number of pyridine rings is 1. The molecule has 1 amide bonds. The van der Waals surface area contributed by atoms with Gasteiger partial charge in [0.05, 0.1) is 14.2 Å². The summed E-state index contributed by atoms with van der Waals surface area (Å²) in [5.41, 5.74) is 3.00. The van der Waals surface area contributed by atoms with E-state index in [1.54, 1.807) is 14.2 Å². The number of hydrogen-bond donors (Lipinski definition) is 2. The van der Waals surface area contributed by atoms with Crippen LogP contribution in [0.15, 0.2) is 29.1 Å². The molecule has 6 heteroatoms. The van der Waals surface area contributed by atoms with E-state index >= 15 is 0 Å². The van der Waals surface area contributed by atoms with Crippen LogP contribution in [-0.4, -0.2) is 25.1 Å². The van der Waals surface area contributed by atoms with Gasteiger partial charge in [-0.1, -0.05) is 12.1 Å². The highest BCUT2D eigenvalue weighted by molar-refractivity contribution is 5.76. The predicted molar refractivity (Wildman–Crippen MR) is 96.3 cm³/mol. The topological polar surface area (TPSA) is 80.4 Å². The Labute approximate surface area is 147 Å². The van der Waals surface area contributed by atoms with Gasteiger partial charge in [0.25, 0.3) is 5.56 Å². The summed E-state index contributed by atoms with van der Waals surface area (Å²) in [4.78, 5) is 26.9.